The van der Waals surface area contributed by atoms with E-state index < -0.39 is 0 Å². The zero-order valence-corrected chi connectivity index (χ0v) is 14.8. The molecule has 0 saturated heterocycles. The standard InChI is InChI=1S/C17H30N4S/c1-14-13-21-16(22-14)10-12-20-17(18-2)19-11-6-9-15-7-4-3-5-8-15/h13,15H,3-12H2,1-2H3,(H2,18,19,20). The van der Waals surface area contributed by atoms with Gasteiger partial charge in [0, 0.05) is 37.6 Å². The zero-order chi connectivity index (χ0) is 15.6. The normalized spacial score (nSPS) is 16.7. The van der Waals surface area contributed by atoms with Crippen LogP contribution in [0, 0.1) is 12.8 Å². The van der Waals surface area contributed by atoms with Crippen molar-refractivity contribution in [3.8, 4) is 0 Å². The average Bonchev–Trinajstić information content (AvgIpc) is 2.96. The van der Waals surface area contributed by atoms with Crippen LogP contribution in [0.25, 0.3) is 0 Å². The van der Waals surface area contributed by atoms with Crippen molar-refractivity contribution < 1.29 is 0 Å². The van der Waals surface area contributed by atoms with E-state index in [1.54, 1.807) is 11.3 Å². The fraction of sp³-hybridized carbons (Fsp3) is 0.765. The minimum Gasteiger partial charge on any atom is -0.356 e. The highest BCUT2D eigenvalue weighted by molar-refractivity contribution is 7.11. The van der Waals surface area contributed by atoms with Gasteiger partial charge in [0.25, 0.3) is 0 Å². The van der Waals surface area contributed by atoms with E-state index in [9.17, 15) is 0 Å². The second-order valence-corrected chi connectivity index (χ2v) is 7.51. The molecule has 2 N–H and O–H groups in total. The molecule has 1 fully saturated rings. The summed E-state index contributed by atoms with van der Waals surface area (Å²) in [5.41, 5.74) is 0. The van der Waals surface area contributed by atoms with Crippen LogP contribution in [-0.4, -0.2) is 31.1 Å². The number of aliphatic imine (C=N–C) groups is 1. The molecular weight excluding hydrogens is 292 g/mol. The lowest BCUT2D eigenvalue weighted by atomic mass is 9.86. The molecule has 1 heterocycles. The fourth-order valence-corrected chi connectivity index (χ4v) is 3.89. The van der Waals surface area contributed by atoms with Crippen LogP contribution in [0.5, 0.6) is 0 Å². The van der Waals surface area contributed by atoms with Gasteiger partial charge in [-0.05, 0) is 25.7 Å². The molecule has 0 atom stereocenters. The van der Waals surface area contributed by atoms with Gasteiger partial charge >= 0.3 is 0 Å². The van der Waals surface area contributed by atoms with Crippen molar-refractivity contribution in [2.24, 2.45) is 10.9 Å². The third-order valence-electron chi connectivity index (χ3n) is 4.33. The first kappa shape index (κ1) is 17.3. The Kier molecular flexibility index (Phi) is 7.71. The number of rotatable bonds is 7. The van der Waals surface area contributed by atoms with E-state index in [1.165, 1.54) is 54.8 Å². The van der Waals surface area contributed by atoms with Crippen molar-refractivity contribution in [3.63, 3.8) is 0 Å². The van der Waals surface area contributed by atoms with Crippen LogP contribution in [0.3, 0.4) is 0 Å². The topological polar surface area (TPSA) is 49.3 Å². The van der Waals surface area contributed by atoms with Gasteiger partial charge in [-0.2, -0.15) is 0 Å². The highest BCUT2D eigenvalue weighted by Gasteiger charge is 2.12. The summed E-state index contributed by atoms with van der Waals surface area (Å²) in [4.78, 5) is 9.95. The summed E-state index contributed by atoms with van der Waals surface area (Å²) in [5.74, 6) is 1.88. The number of thiazole rings is 1. The Morgan fingerprint density at radius 2 is 2.05 bits per heavy atom. The molecule has 1 aliphatic carbocycles. The molecule has 4 nitrogen and oxygen atoms in total. The lowest BCUT2D eigenvalue weighted by Crippen LogP contribution is -2.38. The van der Waals surface area contributed by atoms with Gasteiger partial charge in [-0.25, -0.2) is 4.98 Å². The first-order valence-corrected chi connectivity index (χ1v) is 9.45. The Hall–Kier alpha value is -1.10. The molecule has 0 aromatic carbocycles. The van der Waals surface area contributed by atoms with Crippen molar-refractivity contribution in [2.75, 3.05) is 20.1 Å². The molecule has 1 aromatic heterocycles. The van der Waals surface area contributed by atoms with Gasteiger partial charge in [0.1, 0.15) is 0 Å². The summed E-state index contributed by atoms with van der Waals surface area (Å²) < 4.78 is 0. The Morgan fingerprint density at radius 3 is 2.73 bits per heavy atom. The molecular formula is C17H30N4S. The average molecular weight is 323 g/mol. The second kappa shape index (κ2) is 9.82. The summed E-state index contributed by atoms with van der Waals surface area (Å²) in [7, 11) is 1.84. The summed E-state index contributed by atoms with van der Waals surface area (Å²) >= 11 is 1.77. The van der Waals surface area contributed by atoms with E-state index in [4.69, 9.17) is 0 Å². The van der Waals surface area contributed by atoms with Crippen molar-refractivity contribution in [3.05, 3.63) is 16.1 Å². The molecule has 0 bridgehead atoms. The summed E-state index contributed by atoms with van der Waals surface area (Å²) in [6.45, 7) is 4.00. The summed E-state index contributed by atoms with van der Waals surface area (Å²) in [6.07, 6.45) is 12.7. The molecule has 1 saturated carbocycles. The Balaban J connectivity index is 1.54. The van der Waals surface area contributed by atoms with Crippen LogP contribution in [0.1, 0.15) is 54.8 Å². The second-order valence-electron chi connectivity index (χ2n) is 6.19. The molecule has 1 aromatic rings. The molecule has 0 radical (unpaired) electrons. The molecule has 0 amide bonds. The van der Waals surface area contributed by atoms with E-state index in [0.29, 0.717) is 0 Å². The lowest BCUT2D eigenvalue weighted by molar-refractivity contribution is 0.332. The van der Waals surface area contributed by atoms with Crippen LogP contribution >= 0.6 is 11.3 Å². The third-order valence-corrected chi connectivity index (χ3v) is 5.30. The molecule has 124 valence electrons. The largest absolute Gasteiger partial charge is 0.356 e. The number of aryl methyl sites for hydroxylation is 1. The van der Waals surface area contributed by atoms with Crippen LogP contribution < -0.4 is 10.6 Å². The van der Waals surface area contributed by atoms with Gasteiger partial charge in [-0.3, -0.25) is 4.99 Å². The number of aromatic nitrogens is 1. The number of nitrogens with zero attached hydrogens (tertiary/aromatic N) is 2. The smallest absolute Gasteiger partial charge is 0.190 e. The van der Waals surface area contributed by atoms with Gasteiger partial charge in [0.05, 0.1) is 5.01 Å². The molecule has 1 aliphatic rings. The van der Waals surface area contributed by atoms with Gasteiger partial charge < -0.3 is 10.6 Å². The molecule has 5 heteroatoms. The Labute approximate surface area is 138 Å². The van der Waals surface area contributed by atoms with Crippen LogP contribution in [-0.2, 0) is 6.42 Å². The number of nitrogens with one attached hydrogen (secondary N) is 2. The fourth-order valence-electron chi connectivity index (χ4n) is 3.10. The monoisotopic (exact) mass is 322 g/mol. The van der Waals surface area contributed by atoms with E-state index >= 15 is 0 Å². The minimum absolute atomic E-state index is 0.884. The SMILES string of the molecule is CN=C(NCCCC1CCCCC1)NCCc1ncc(C)s1. The molecule has 2 rings (SSSR count). The molecule has 22 heavy (non-hydrogen) atoms. The maximum atomic E-state index is 4.38. The molecule has 0 spiro atoms. The maximum Gasteiger partial charge on any atom is 0.190 e. The van der Waals surface area contributed by atoms with E-state index in [0.717, 1.165) is 31.4 Å². The number of guanidine groups is 1. The Bertz CT molecular complexity index is 449. The summed E-state index contributed by atoms with van der Waals surface area (Å²) in [5, 5.41) is 7.99. The predicted molar refractivity (Wildman–Crippen MR) is 95.7 cm³/mol. The van der Waals surface area contributed by atoms with Gasteiger partial charge in [-0.1, -0.05) is 32.1 Å². The Morgan fingerprint density at radius 1 is 1.27 bits per heavy atom. The molecule has 0 unspecified atom stereocenters. The van der Waals surface area contributed by atoms with Crippen LogP contribution in [0.15, 0.2) is 11.2 Å². The van der Waals surface area contributed by atoms with E-state index in [-0.39, 0.29) is 0 Å². The zero-order valence-electron chi connectivity index (χ0n) is 14.0. The predicted octanol–water partition coefficient (Wildman–Crippen LogP) is 3.52. The first-order valence-electron chi connectivity index (χ1n) is 8.63. The van der Waals surface area contributed by atoms with Crippen molar-refractivity contribution in [1.29, 1.82) is 0 Å². The van der Waals surface area contributed by atoms with Gasteiger partial charge in [-0.15, -0.1) is 11.3 Å². The van der Waals surface area contributed by atoms with Crippen molar-refractivity contribution >= 4 is 17.3 Å². The molecule has 0 aliphatic heterocycles. The van der Waals surface area contributed by atoms with E-state index in [1.807, 2.05) is 13.2 Å². The highest BCUT2D eigenvalue weighted by atomic mass is 32.1. The van der Waals surface area contributed by atoms with Crippen molar-refractivity contribution in [1.82, 2.24) is 15.6 Å². The van der Waals surface area contributed by atoms with E-state index in [2.05, 4.69) is 27.5 Å². The minimum atomic E-state index is 0.884. The van der Waals surface area contributed by atoms with Crippen LogP contribution in [0.4, 0.5) is 0 Å². The number of hydrogen-bond donors (Lipinski definition) is 2. The highest BCUT2D eigenvalue weighted by Crippen LogP contribution is 2.26. The first-order chi connectivity index (χ1) is 10.8. The lowest BCUT2D eigenvalue weighted by Gasteiger charge is -2.21. The van der Waals surface area contributed by atoms with Crippen molar-refractivity contribution in [2.45, 2.75) is 58.3 Å². The van der Waals surface area contributed by atoms with Crippen LogP contribution in [0.2, 0.25) is 0 Å². The maximum absolute atomic E-state index is 4.38. The third kappa shape index (κ3) is 6.34. The summed E-state index contributed by atoms with van der Waals surface area (Å²) in [6, 6.07) is 0. The van der Waals surface area contributed by atoms with Gasteiger partial charge in [0.15, 0.2) is 5.96 Å². The van der Waals surface area contributed by atoms with Gasteiger partial charge in [0.2, 0.25) is 0 Å². The quantitative estimate of drug-likeness (QED) is 0.459. The number of hydrogen-bond acceptors (Lipinski definition) is 3.